The molecule has 0 aromatic heterocycles. The minimum atomic E-state index is -0.411. The summed E-state index contributed by atoms with van der Waals surface area (Å²) in [5.41, 5.74) is 1.56. The Bertz CT molecular complexity index is 747. The summed E-state index contributed by atoms with van der Waals surface area (Å²) in [7, 11) is 1.33. The van der Waals surface area contributed by atoms with Crippen LogP contribution in [-0.2, 0) is 16.1 Å². The number of hydrogen-bond donors (Lipinski definition) is 0. The second-order valence-corrected chi connectivity index (χ2v) is 6.14. The third kappa shape index (κ3) is 5.21. The number of esters is 1. The maximum atomic E-state index is 13.0. The Morgan fingerprint density at radius 3 is 2.74 bits per heavy atom. The lowest BCUT2D eigenvalue weighted by molar-refractivity contribution is -0.134. The molecule has 0 amide bonds. The van der Waals surface area contributed by atoms with Crippen molar-refractivity contribution in [3.05, 3.63) is 68.0 Å². The zero-order chi connectivity index (χ0) is 16.8. The second kappa shape index (κ2) is 8.31. The fourth-order valence-corrected chi connectivity index (χ4v) is 2.68. The number of hydrogen-bond acceptors (Lipinski definition) is 3. The van der Waals surface area contributed by atoms with E-state index in [0.29, 0.717) is 16.3 Å². The number of carbonyl (C=O) groups is 1. The molecule has 0 aliphatic carbocycles. The zero-order valence-electron chi connectivity index (χ0n) is 12.2. The van der Waals surface area contributed by atoms with Crippen molar-refractivity contribution < 1.29 is 18.7 Å². The first kappa shape index (κ1) is 17.7. The van der Waals surface area contributed by atoms with Crippen molar-refractivity contribution in [3.63, 3.8) is 0 Å². The van der Waals surface area contributed by atoms with E-state index in [4.69, 9.17) is 16.3 Å². The molecule has 0 N–H and O–H groups in total. The number of ether oxygens (including phenoxy) is 2. The topological polar surface area (TPSA) is 35.5 Å². The lowest BCUT2D eigenvalue weighted by Gasteiger charge is -2.10. The van der Waals surface area contributed by atoms with E-state index in [1.165, 1.54) is 25.3 Å². The molecule has 23 heavy (non-hydrogen) atoms. The molecular formula is C17H13ClFIO3. The number of rotatable bonds is 5. The van der Waals surface area contributed by atoms with Crippen LogP contribution < -0.4 is 4.74 Å². The fourth-order valence-electron chi connectivity index (χ4n) is 1.76. The summed E-state index contributed by atoms with van der Waals surface area (Å²) < 4.78 is 24.1. The van der Waals surface area contributed by atoms with Crippen molar-refractivity contribution in [1.29, 1.82) is 0 Å². The lowest BCUT2D eigenvalue weighted by Crippen LogP contribution is -1.98. The number of methoxy groups -OCH3 is 1. The SMILES string of the molecule is COC(=O)/C=C/c1ccc(OCc2ccc(F)cc2Cl)c(I)c1. The maximum absolute atomic E-state index is 13.0. The van der Waals surface area contributed by atoms with Crippen LogP contribution in [0.3, 0.4) is 0 Å². The van der Waals surface area contributed by atoms with Crippen LogP contribution in [0.1, 0.15) is 11.1 Å². The van der Waals surface area contributed by atoms with Crippen molar-refractivity contribution in [2.24, 2.45) is 0 Å². The van der Waals surface area contributed by atoms with Crippen LogP contribution in [0.25, 0.3) is 6.08 Å². The normalized spacial score (nSPS) is 10.8. The van der Waals surface area contributed by atoms with Crippen LogP contribution in [-0.4, -0.2) is 13.1 Å². The van der Waals surface area contributed by atoms with Gasteiger partial charge in [0.05, 0.1) is 15.7 Å². The van der Waals surface area contributed by atoms with Gasteiger partial charge in [-0.2, -0.15) is 0 Å². The van der Waals surface area contributed by atoms with Gasteiger partial charge in [-0.3, -0.25) is 0 Å². The summed E-state index contributed by atoms with van der Waals surface area (Å²) in [6.45, 7) is 0.243. The summed E-state index contributed by atoms with van der Waals surface area (Å²) in [5.74, 6) is -0.109. The predicted octanol–water partition coefficient (Wildman–Crippen LogP) is 4.85. The molecule has 0 bridgehead atoms. The van der Waals surface area contributed by atoms with Crippen molar-refractivity contribution in [2.45, 2.75) is 6.61 Å². The van der Waals surface area contributed by atoms with Crippen LogP contribution in [0, 0.1) is 9.39 Å². The highest BCUT2D eigenvalue weighted by Crippen LogP contribution is 2.25. The Morgan fingerprint density at radius 1 is 1.30 bits per heavy atom. The first-order valence-electron chi connectivity index (χ1n) is 6.62. The minimum Gasteiger partial charge on any atom is -0.488 e. The van der Waals surface area contributed by atoms with E-state index in [1.54, 1.807) is 18.2 Å². The first-order chi connectivity index (χ1) is 11.0. The Hall–Kier alpha value is -1.60. The van der Waals surface area contributed by atoms with Gasteiger partial charge in [0.25, 0.3) is 0 Å². The van der Waals surface area contributed by atoms with Gasteiger partial charge in [0.15, 0.2) is 0 Å². The van der Waals surface area contributed by atoms with E-state index in [-0.39, 0.29) is 12.4 Å². The van der Waals surface area contributed by atoms with Gasteiger partial charge < -0.3 is 9.47 Å². The van der Waals surface area contributed by atoms with Gasteiger partial charge in [0.1, 0.15) is 18.2 Å². The van der Waals surface area contributed by atoms with E-state index in [2.05, 4.69) is 27.3 Å². The van der Waals surface area contributed by atoms with Crippen LogP contribution in [0.15, 0.2) is 42.5 Å². The third-order valence-electron chi connectivity index (χ3n) is 2.97. The standard InChI is InChI=1S/C17H13ClFIO3/c1-22-17(21)7-3-11-2-6-16(15(20)8-11)23-10-12-4-5-13(19)9-14(12)18/h2-9H,10H2,1H3/b7-3+. The Labute approximate surface area is 152 Å². The molecule has 0 aliphatic heterocycles. The summed E-state index contributed by atoms with van der Waals surface area (Å²) >= 11 is 8.11. The molecule has 0 heterocycles. The molecule has 6 heteroatoms. The van der Waals surface area contributed by atoms with Crippen LogP contribution in [0.5, 0.6) is 5.75 Å². The monoisotopic (exact) mass is 446 g/mol. The average molecular weight is 447 g/mol. The van der Waals surface area contributed by atoms with Gasteiger partial charge in [0.2, 0.25) is 0 Å². The van der Waals surface area contributed by atoms with E-state index in [9.17, 15) is 9.18 Å². The smallest absolute Gasteiger partial charge is 0.330 e. The fraction of sp³-hybridized carbons (Fsp3) is 0.118. The van der Waals surface area contributed by atoms with Crippen molar-refractivity contribution in [3.8, 4) is 5.75 Å². The molecular weight excluding hydrogens is 434 g/mol. The Kier molecular flexibility index (Phi) is 6.41. The summed E-state index contributed by atoms with van der Waals surface area (Å²) in [6, 6.07) is 9.70. The molecule has 2 aromatic rings. The van der Waals surface area contributed by atoms with Gasteiger partial charge >= 0.3 is 5.97 Å². The molecule has 2 aromatic carbocycles. The number of halogens is 3. The summed E-state index contributed by atoms with van der Waals surface area (Å²) in [5, 5.41) is 0.331. The maximum Gasteiger partial charge on any atom is 0.330 e. The number of carbonyl (C=O) groups excluding carboxylic acids is 1. The summed E-state index contributed by atoms with van der Waals surface area (Å²) in [6.07, 6.45) is 3.01. The molecule has 0 spiro atoms. The highest BCUT2D eigenvalue weighted by molar-refractivity contribution is 14.1. The third-order valence-corrected chi connectivity index (χ3v) is 4.16. The molecule has 0 aliphatic rings. The van der Waals surface area contributed by atoms with Gasteiger partial charge in [-0.05, 0) is 58.5 Å². The molecule has 2 rings (SSSR count). The molecule has 0 saturated heterocycles. The Morgan fingerprint density at radius 2 is 2.09 bits per heavy atom. The molecule has 0 saturated carbocycles. The van der Waals surface area contributed by atoms with E-state index in [0.717, 1.165) is 9.13 Å². The molecule has 3 nitrogen and oxygen atoms in total. The first-order valence-corrected chi connectivity index (χ1v) is 8.07. The lowest BCUT2D eigenvalue weighted by atomic mass is 10.2. The van der Waals surface area contributed by atoms with E-state index < -0.39 is 5.97 Å². The van der Waals surface area contributed by atoms with Crippen molar-refractivity contribution in [1.82, 2.24) is 0 Å². The minimum absolute atomic E-state index is 0.243. The highest BCUT2D eigenvalue weighted by Gasteiger charge is 2.06. The van der Waals surface area contributed by atoms with Crippen LogP contribution >= 0.6 is 34.2 Å². The molecule has 0 atom stereocenters. The predicted molar refractivity (Wildman–Crippen MR) is 96.0 cm³/mol. The van der Waals surface area contributed by atoms with Gasteiger partial charge in [0, 0.05) is 11.6 Å². The highest BCUT2D eigenvalue weighted by atomic mass is 127. The summed E-state index contributed by atoms with van der Waals surface area (Å²) in [4.78, 5) is 11.1. The molecule has 0 fully saturated rings. The van der Waals surface area contributed by atoms with Crippen molar-refractivity contribution in [2.75, 3.05) is 7.11 Å². The molecule has 0 radical (unpaired) electrons. The van der Waals surface area contributed by atoms with Crippen LogP contribution in [0.4, 0.5) is 4.39 Å². The van der Waals surface area contributed by atoms with E-state index in [1.807, 2.05) is 12.1 Å². The van der Waals surface area contributed by atoms with Crippen molar-refractivity contribution >= 4 is 46.2 Å². The van der Waals surface area contributed by atoms with Gasteiger partial charge in [-0.25, -0.2) is 9.18 Å². The molecule has 120 valence electrons. The van der Waals surface area contributed by atoms with Gasteiger partial charge in [-0.15, -0.1) is 0 Å². The largest absolute Gasteiger partial charge is 0.488 e. The van der Waals surface area contributed by atoms with Gasteiger partial charge in [-0.1, -0.05) is 23.7 Å². The number of benzene rings is 2. The Balaban J connectivity index is 2.06. The average Bonchev–Trinajstić information content (AvgIpc) is 2.53. The van der Waals surface area contributed by atoms with Crippen LogP contribution in [0.2, 0.25) is 5.02 Å². The zero-order valence-corrected chi connectivity index (χ0v) is 15.1. The quantitative estimate of drug-likeness (QED) is 0.374. The van der Waals surface area contributed by atoms with E-state index >= 15 is 0 Å². The second-order valence-electron chi connectivity index (χ2n) is 4.57. The molecule has 0 unspecified atom stereocenters.